The number of nitriles is 2. The predicted octanol–water partition coefficient (Wildman–Crippen LogP) is 2.94. The molecule has 0 unspecified atom stereocenters. The molecule has 1 aliphatic heterocycles. The average Bonchev–Trinajstić information content (AvgIpc) is 3.09. The number of piperidine rings is 1. The molecule has 1 aliphatic rings. The number of nitrogens with zero attached hydrogens (tertiary/aromatic N) is 5. The summed E-state index contributed by atoms with van der Waals surface area (Å²) in [5, 5.41) is 31.7. The molecular formula is C20H18F4N6O. The van der Waals surface area contributed by atoms with Crippen molar-refractivity contribution in [1.29, 1.82) is 10.5 Å². The van der Waals surface area contributed by atoms with E-state index in [4.69, 9.17) is 10.8 Å². The van der Waals surface area contributed by atoms with Gasteiger partial charge in [-0.1, -0.05) is 0 Å². The highest BCUT2D eigenvalue weighted by Gasteiger charge is 2.29. The van der Waals surface area contributed by atoms with Gasteiger partial charge in [0, 0.05) is 13.1 Å². The van der Waals surface area contributed by atoms with Gasteiger partial charge in [-0.05, 0) is 25.3 Å². The Hall–Kier alpha value is -3.57. The summed E-state index contributed by atoms with van der Waals surface area (Å²) in [7, 11) is 0. The van der Waals surface area contributed by atoms with Crippen LogP contribution in [0.2, 0.25) is 0 Å². The van der Waals surface area contributed by atoms with E-state index in [0.717, 1.165) is 11.1 Å². The van der Waals surface area contributed by atoms with Gasteiger partial charge in [0.15, 0.2) is 23.3 Å². The first-order valence-corrected chi connectivity index (χ1v) is 9.45. The van der Waals surface area contributed by atoms with E-state index in [1.165, 1.54) is 4.90 Å². The van der Waals surface area contributed by atoms with Crippen LogP contribution in [0.4, 0.5) is 29.1 Å². The number of hydrogen-bond acceptors (Lipinski definition) is 6. The second-order valence-corrected chi connectivity index (χ2v) is 6.90. The lowest BCUT2D eigenvalue weighted by Gasteiger charge is -2.29. The number of aliphatic hydroxyl groups excluding tert-OH is 1. The molecule has 3 rings (SSSR count). The number of aromatic nitrogens is 2. The van der Waals surface area contributed by atoms with Crippen LogP contribution < -0.4 is 10.6 Å². The molecule has 0 aliphatic carbocycles. The number of halogens is 4. The van der Waals surface area contributed by atoms with Gasteiger partial charge >= 0.3 is 0 Å². The van der Waals surface area contributed by atoms with Crippen molar-refractivity contribution in [1.82, 2.24) is 9.78 Å². The number of anilines is 2. The summed E-state index contributed by atoms with van der Waals surface area (Å²) in [6.07, 6.45) is 2.71. The van der Waals surface area contributed by atoms with Crippen molar-refractivity contribution >= 4 is 23.2 Å². The minimum atomic E-state index is -1.66. The number of nitrogen functional groups attached to an aromatic ring is 1. The van der Waals surface area contributed by atoms with E-state index < -0.39 is 40.1 Å². The Bertz CT molecular complexity index is 1090. The number of nitrogens with two attached hydrogens (primary N) is 1. The van der Waals surface area contributed by atoms with Gasteiger partial charge in [-0.3, -0.25) is 0 Å². The van der Waals surface area contributed by atoms with Crippen LogP contribution in [-0.4, -0.2) is 34.6 Å². The maximum Gasteiger partial charge on any atom is 0.185 e. The lowest BCUT2D eigenvalue weighted by molar-refractivity contribution is 0.270. The van der Waals surface area contributed by atoms with Gasteiger partial charge in [0.05, 0.1) is 24.3 Å². The summed E-state index contributed by atoms with van der Waals surface area (Å²) in [6.45, 7) is 0.0477. The minimum Gasteiger partial charge on any atom is -0.394 e. The van der Waals surface area contributed by atoms with Crippen LogP contribution in [0.5, 0.6) is 0 Å². The zero-order chi connectivity index (χ0) is 22.7. The van der Waals surface area contributed by atoms with Gasteiger partial charge in [-0.2, -0.15) is 15.6 Å². The second kappa shape index (κ2) is 9.06. The van der Waals surface area contributed by atoms with Crippen LogP contribution in [-0.2, 0) is 6.54 Å². The van der Waals surface area contributed by atoms with E-state index in [1.54, 1.807) is 12.1 Å². The number of allylic oxidation sites excluding steroid dienone is 1. The summed E-state index contributed by atoms with van der Waals surface area (Å²) in [5.74, 6) is -6.61. The normalized spacial score (nSPS) is 14.4. The van der Waals surface area contributed by atoms with E-state index in [1.807, 2.05) is 0 Å². The molecule has 31 heavy (non-hydrogen) atoms. The largest absolute Gasteiger partial charge is 0.394 e. The third-order valence-electron chi connectivity index (χ3n) is 5.03. The predicted molar refractivity (Wildman–Crippen MR) is 104 cm³/mol. The molecule has 0 radical (unpaired) electrons. The molecule has 1 fully saturated rings. The molecule has 2 heterocycles. The fourth-order valence-electron chi connectivity index (χ4n) is 3.50. The van der Waals surface area contributed by atoms with Crippen molar-refractivity contribution in [2.75, 3.05) is 30.3 Å². The van der Waals surface area contributed by atoms with Gasteiger partial charge in [0.2, 0.25) is 0 Å². The number of aliphatic hydroxyl groups is 1. The Morgan fingerprint density at radius 2 is 1.68 bits per heavy atom. The number of benzene rings is 1. The van der Waals surface area contributed by atoms with E-state index in [2.05, 4.69) is 5.10 Å². The molecule has 0 bridgehead atoms. The van der Waals surface area contributed by atoms with Crippen LogP contribution in [0, 0.1) is 45.9 Å². The molecule has 1 saturated heterocycles. The highest BCUT2D eigenvalue weighted by molar-refractivity contribution is 5.91. The summed E-state index contributed by atoms with van der Waals surface area (Å²) < 4.78 is 59.9. The highest BCUT2D eigenvalue weighted by Crippen LogP contribution is 2.34. The van der Waals surface area contributed by atoms with Crippen molar-refractivity contribution in [3.63, 3.8) is 0 Å². The SMILES string of the molecule is N#CC(=Cc1c(F)c(F)c(N2CCCCC2)c(F)c1F)c1nn(CCO)c(N)c1C#N. The number of rotatable bonds is 5. The average molecular weight is 434 g/mol. The Kier molecular flexibility index (Phi) is 6.47. The summed E-state index contributed by atoms with van der Waals surface area (Å²) in [6, 6.07) is 3.35. The topological polar surface area (TPSA) is 115 Å². The first kappa shape index (κ1) is 22.1. The Labute approximate surface area is 175 Å². The van der Waals surface area contributed by atoms with Gasteiger partial charge in [0.1, 0.15) is 34.9 Å². The van der Waals surface area contributed by atoms with Crippen LogP contribution in [0.3, 0.4) is 0 Å². The molecule has 11 heteroatoms. The second-order valence-electron chi connectivity index (χ2n) is 6.90. The maximum atomic E-state index is 14.7. The molecular weight excluding hydrogens is 416 g/mol. The zero-order valence-electron chi connectivity index (χ0n) is 16.3. The van der Waals surface area contributed by atoms with Gasteiger partial charge in [-0.25, -0.2) is 22.2 Å². The monoisotopic (exact) mass is 434 g/mol. The molecule has 0 spiro atoms. The van der Waals surface area contributed by atoms with Gasteiger partial charge < -0.3 is 15.7 Å². The fraction of sp³-hybridized carbons (Fsp3) is 0.350. The third kappa shape index (κ3) is 3.92. The maximum absolute atomic E-state index is 14.7. The van der Waals surface area contributed by atoms with Crippen LogP contribution >= 0.6 is 0 Å². The smallest absolute Gasteiger partial charge is 0.185 e. The molecule has 2 aromatic rings. The molecule has 1 aromatic heterocycles. The van der Waals surface area contributed by atoms with Crippen molar-refractivity contribution in [2.24, 2.45) is 0 Å². The first-order chi connectivity index (χ1) is 14.8. The lowest BCUT2D eigenvalue weighted by Crippen LogP contribution is -2.31. The molecule has 0 atom stereocenters. The van der Waals surface area contributed by atoms with Crippen molar-refractivity contribution in [2.45, 2.75) is 25.8 Å². The molecule has 7 nitrogen and oxygen atoms in total. The number of hydrogen-bond donors (Lipinski definition) is 2. The standard InChI is InChI=1S/C20H18F4N6O/c21-14-12(15(22)17(24)19(16(14)23)29-4-2-1-3-5-29)8-11(9-25)18-13(10-26)20(27)30(28-18)6-7-31/h8,31H,1-7,27H2. The van der Waals surface area contributed by atoms with E-state index in [9.17, 15) is 28.1 Å². The molecule has 162 valence electrons. The molecule has 3 N–H and O–H groups in total. The fourth-order valence-corrected chi connectivity index (χ4v) is 3.50. The molecule has 0 amide bonds. The van der Waals surface area contributed by atoms with Crippen molar-refractivity contribution in [3.05, 3.63) is 40.1 Å². The zero-order valence-corrected chi connectivity index (χ0v) is 16.3. The Morgan fingerprint density at radius 3 is 2.19 bits per heavy atom. The summed E-state index contributed by atoms with van der Waals surface area (Å²) >= 11 is 0. The molecule has 0 saturated carbocycles. The van der Waals surface area contributed by atoms with E-state index >= 15 is 0 Å². The summed E-state index contributed by atoms with van der Waals surface area (Å²) in [4.78, 5) is 1.25. The van der Waals surface area contributed by atoms with Crippen LogP contribution in [0.15, 0.2) is 0 Å². The van der Waals surface area contributed by atoms with Crippen LogP contribution in [0.1, 0.15) is 36.1 Å². The summed E-state index contributed by atoms with van der Waals surface area (Å²) in [5.41, 5.74) is 2.75. The van der Waals surface area contributed by atoms with E-state index in [-0.39, 0.29) is 43.3 Å². The van der Waals surface area contributed by atoms with Crippen LogP contribution in [0.25, 0.3) is 11.6 Å². The Morgan fingerprint density at radius 1 is 1.06 bits per heavy atom. The van der Waals surface area contributed by atoms with E-state index in [0.29, 0.717) is 18.9 Å². The van der Waals surface area contributed by atoms with Gasteiger partial charge in [-0.15, -0.1) is 0 Å². The third-order valence-corrected chi connectivity index (χ3v) is 5.03. The van der Waals surface area contributed by atoms with Crippen molar-refractivity contribution in [3.8, 4) is 12.1 Å². The first-order valence-electron chi connectivity index (χ1n) is 9.45. The molecule has 1 aromatic carbocycles. The lowest BCUT2D eigenvalue weighted by atomic mass is 10.0. The van der Waals surface area contributed by atoms with Crippen molar-refractivity contribution < 1.29 is 22.7 Å². The quantitative estimate of drug-likeness (QED) is 0.425. The highest BCUT2D eigenvalue weighted by atomic mass is 19.2. The Balaban J connectivity index is 2.16. The van der Waals surface area contributed by atoms with Gasteiger partial charge in [0.25, 0.3) is 0 Å². The minimum absolute atomic E-state index is 0.101.